The van der Waals surface area contributed by atoms with Crippen molar-refractivity contribution < 1.29 is 9.90 Å². The van der Waals surface area contributed by atoms with Crippen molar-refractivity contribution in [1.29, 1.82) is 0 Å². The molecular formula is C14H13ClO2S. The van der Waals surface area contributed by atoms with Crippen molar-refractivity contribution in [1.82, 2.24) is 0 Å². The average molecular weight is 281 g/mol. The Balaban J connectivity index is 2.37. The molecule has 2 aromatic rings. The molecule has 0 saturated heterocycles. The Morgan fingerprint density at radius 2 is 2.00 bits per heavy atom. The predicted octanol–water partition coefficient (Wildman–Crippen LogP) is 3.99. The number of carboxylic acids is 1. The van der Waals surface area contributed by atoms with Gasteiger partial charge in [0, 0.05) is 16.3 Å². The van der Waals surface area contributed by atoms with Gasteiger partial charge in [-0.3, -0.25) is 4.79 Å². The first-order valence-corrected chi connectivity index (χ1v) is 6.80. The maximum absolute atomic E-state index is 11.6. The van der Waals surface area contributed by atoms with Crippen LogP contribution in [0.4, 0.5) is 0 Å². The smallest absolute Gasteiger partial charge is 0.314 e. The van der Waals surface area contributed by atoms with Gasteiger partial charge in [0.05, 0.1) is 5.41 Å². The van der Waals surface area contributed by atoms with Crippen molar-refractivity contribution in [3.63, 3.8) is 0 Å². The van der Waals surface area contributed by atoms with Crippen LogP contribution < -0.4 is 0 Å². The number of aliphatic carboxylic acids is 1. The highest BCUT2D eigenvalue weighted by Crippen LogP contribution is 2.31. The summed E-state index contributed by atoms with van der Waals surface area (Å²) in [7, 11) is 0. The monoisotopic (exact) mass is 280 g/mol. The van der Waals surface area contributed by atoms with E-state index in [1.165, 1.54) is 0 Å². The SMILES string of the molecule is CC(Cc1cccs1)(C(=O)O)c1ccc(Cl)cc1. The molecular weight excluding hydrogens is 268 g/mol. The molecule has 2 nitrogen and oxygen atoms in total. The van der Waals surface area contributed by atoms with E-state index in [4.69, 9.17) is 11.6 Å². The largest absolute Gasteiger partial charge is 0.481 e. The van der Waals surface area contributed by atoms with Gasteiger partial charge in [-0.05, 0) is 36.1 Å². The molecule has 1 heterocycles. The van der Waals surface area contributed by atoms with Crippen LogP contribution >= 0.6 is 22.9 Å². The van der Waals surface area contributed by atoms with Crippen molar-refractivity contribution in [2.24, 2.45) is 0 Å². The van der Waals surface area contributed by atoms with Gasteiger partial charge in [-0.1, -0.05) is 29.8 Å². The number of hydrogen-bond donors (Lipinski definition) is 1. The number of hydrogen-bond acceptors (Lipinski definition) is 2. The zero-order chi connectivity index (χ0) is 13.2. The molecule has 1 aromatic heterocycles. The highest BCUT2D eigenvalue weighted by Gasteiger charge is 2.35. The van der Waals surface area contributed by atoms with Gasteiger partial charge in [0.25, 0.3) is 0 Å². The lowest BCUT2D eigenvalue weighted by atomic mass is 9.79. The molecule has 1 unspecified atom stereocenters. The van der Waals surface area contributed by atoms with Crippen LogP contribution in [0.5, 0.6) is 0 Å². The normalized spacial score (nSPS) is 14.1. The molecule has 18 heavy (non-hydrogen) atoms. The van der Waals surface area contributed by atoms with Gasteiger partial charge in [-0.2, -0.15) is 0 Å². The molecule has 0 radical (unpaired) electrons. The van der Waals surface area contributed by atoms with E-state index in [9.17, 15) is 9.90 Å². The number of carboxylic acid groups (broad SMARTS) is 1. The molecule has 0 spiro atoms. The molecule has 0 bridgehead atoms. The van der Waals surface area contributed by atoms with Gasteiger partial charge < -0.3 is 5.11 Å². The summed E-state index contributed by atoms with van der Waals surface area (Å²) in [5, 5.41) is 12.1. The van der Waals surface area contributed by atoms with Crippen molar-refractivity contribution >= 4 is 28.9 Å². The highest BCUT2D eigenvalue weighted by atomic mass is 35.5. The van der Waals surface area contributed by atoms with Crippen LogP contribution in [-0.4, -0.2) is 11.1 Å². The van der Waals surface area contributed by atoms with Crippen LogP contribution in [0.2, 0.25) is 5.02 Å². The molecule has 0 aliphatic rings. The zero-order valence-electron chi connectivity index (χ0n) is 9.89. The average Bonchev–Trinajstić information content (AvgIpc) is 2.82. The van der Waals surface area contributed by atoms with E-state index in [2.05, 4.69) is 0 Å². The van der Waals surface area contributed by atoms with Gasteiger partial charge in [0.2, 0.25) is 0 Å². The fourth-order valence-corrected chi connectivity index (χ4v) is 2.87. The minimum Gasteiger partial charge on any atom is -0.481 e. The molecule has 1 aromatic carbocycles. The van der Waals surface area contributed by atoms with E-state index >= 15 is 0 Å². The Hall–Kier alpha value is -1.32. The summed E-state index contributed by atoms with van der Waals surface area (Å²) < 4.78 is 0. The lowest BCUT2D eigenvalue weighted by Crippen LogP contribution is -2.34. The maximum atomic E-state index is 11.6. The molecule has 4 heteroatoms. The van der Waals surface area contributed by atoms with E-state index < -0.39 is 11.4 Å². The highest BCUT2D eigenvalue weighted by molar-refractivity contribution is 7.09. The first-order chi connectivity index (χ1) is 8.52. The summed E-state index contributed by atoms with van der Waals surface area (Å²) in [6.07, 6.45) is 0.488. The van der Waals surface area contributed by atoms with Crippen LogP contribution in [0.3, 0.4) is 0 Å². The van der Waals surface area contributed by atoms with Crippen LogP contribution in [0.1, 0.15) is 17.4 Å². The minimum atomic E-state index is -0.921. The molecule has 0 saturated carbocycles. The second kappa shape index (κ2) is 5.12. The Bertz CT molecular complexity index is 533. The lowest BCUT2D eigenvalue weighted by Gasteiger charge is -2.24. The Kier molecular flexibility index (Phi) is 3.73. The van der Waals surface area contributed by atoms with E-state index in [1.807, 2.05) is 17.5 Å². The molecule has 1 atom stereocenters. The van der Waals surface area contributed by atoms with Crippen molar-refractivity contribution in [2.75, 3.05) is 0 Å². The molecule has 1 N–H and O–H groups in total. The number of benzene rings is 1. The second-order valence-electron chi connectivity index (χ2n) is 4.40. The molecule has 2 rings (SSSR count). The van der Waals surface area contributed by atoms with Crippen molar-refractivity contribution in [3.8, 4) is 0 Å². The Morgan fingerprint density at radius 1 is 1.33 bits per heavy atom. The first-order valence-electron chi connectivity index (χ1n) is 5.54. The van der Waals surface area contributed by atoms with Crippen LogP contribution in [0.25, 0.3) is 0 Å². The van der Waals surface area contributed by atoms with Gasteiger partial charge in [0.1, 0.15) is 0 Å². The van der Waals surface area contributed by atoms with E-state index in [0.29, 0.717) is 11.4 Å². The second-order valence-corrected chi connectivity index (χ2v) is 5.87. The van der Waals surface area contributed by atoms with E-state index in [-0.39, 0.29) is 0 Å². The lowest BCUT2D eigenvalue weighted by molar-refractivity contribution is -0.143. The molecule has 94 valence electrons. The minimum absolute atomic E-state index is 0.488. The van der Waals surface area contributed by atoms with Crippen LogP contribution in [0.15, 0.2) is 41.8 Å². The number of carbonyl (C=O) groups is 1. The molecule has 0 aliphatic carbocycles. The van der Waals surface area contributed by atoms with E-state index in [0.717, 1.165) is 10.4 Å². The standard InChI is InChI=1S/C14H13ClO2S/c1-14(13(16)17,9-12-3-2-8-18-12)10-4-6-11(15)7-5-10/h2-8H,9H2,1H3,(H,16,17). The third-order valence-corrected chi connectivity index (χ3v) is 4.19. The molecule has 0 aliphatic heterocycles. The van der Waals surface area contributed by atoms with Gasteiger partial charge in [0.15, 0.2) is 0 Å². The number of halogens is 1. The summed E-state index contributed by atoms with van der Waals surface area (Å²) in [6.45, 7) is 1.75. The van der Waals surface area contributed by atoms with Crippen LogP contribution in [-0.2, 0) is 16.6 Å². The predicted molar refractivity (Wildman–Crippen MR) is 74.5 cm³/mol. The fraction of sp³-hybridized carbons (Fsp3) is 0.214. The van der Waals surface area contributed by atoms with Crippen molar-refractivity contribution in [3.05, 3.63) is 57.2 Å². The fourth-order valence-electron chi connectivity index (χ4n) is 1.88. The topological polar surface area (TPSA) is 37.3 Å². The number of thiophene rings is 1. The first kappa shape index (κ1) is 13.1. The molecule has 0 amide bonds. The quantitative estimate of drug-likeness (QED) is 0.919. The summed E-state index contributed by atoms with van der Waals surface area (Å²) in [4.78, 5) is 12.7. The third-order valence-electron chi connectivity index (χ3n) is 3.06. The van der Waals surface area contributed by atoms with Gasteiger partial charge >= 0.3 is 5.97 Å². The van der Waals surface area contributed by atoms with Gasteiger partial charge in [-0.25, -0.2) is 0 Å². The zero-order valence-corrected chi connectivity index (χ0v) is 11.5. The van der Waals surface area contributed by atoms with E-state index in [1.54, 1.807) is 42.5 Å². The van der Waals surface area contributed by atoms with Gasteiger partial charge in [-0.15, -0.1) is 11.3 Å². The van der Waals surface area contributed by atoms with Crippen molar-refractivity contribution in [2.45, 2.75) is 18.8 Å². The Morgan fingerprint density at radius 3 is 2.50 bits per heavy atom. The summed E-state index contributed by atoms with van der Waals surface area (Å²) >= 11 is 7.41. The summed E-state index contributed by atoms with van der Waals surface area (Å²) in [6, 6.07) is 10.9. The Labute approximate surface area is 115 Å². The molecule has 0 fully saturated rings. The summed E-state index contributed by atoms with van der Waals surface area (Å²) in [5.41, 5.74) is -0.150. The third kappa shape index (κ3) is 2.57. The summed E-state index contributed by atoms with van der Waals surface area (Å²) in [5.74, 6) is -0.821. The number of rotatable bonds is 4. The van der Waals surface area contributed by atoms with Crippen LogP contribution in [0, 0.1) is 0 Å². The maximum Gasteiger partial charge on any atom is 0.314 e.